The summed E-state index contributed by atoms with van der Waals surface area (Å²) in [6.07, 6.45) is 7.86. The van der Waals surface area contributed by atoms with Crippen LogP contribution in [0.2, 0.25) is 0 Å². The van der Waals surface area contributed by atoms with Crippen molar-refractivity contribution in [1.29, 1.82) is 0 Å². The maximum atomic E-state index is 11.4. The first-order valence-corrected chi connectivity index (χ1v) is 5.47. The molecule has 0 aromatic rings. The molecule has 0 aromatic heterocycles. The molecule has 2 nitrogen and oxygen atoms in total. The summed E-state index contributed by atoms with van der Waals surface area (Å²) in [7, 11) is 0. The van der Waals surface area contributed by atoms with Gasteiger partial charge in [0, 0.05) is 0 Å². The van der Waals surface area contributed by atoms with Crippen molar-refractivity contribution in [1.82, 2.24) is 5.32 Å². The van der Waals surface area contributed by atoms with E-state index in [9.17, 15) is 4.79 Å². The standard InChI is InChI=1S/C10H16BrNO/c1-4-7-8(5-2)12-10(13)9(11)6-3/h2,8-9H,4,6-7H2,1,3H3,(H,12,13). The minimum absolute atomic E-state index is 0.0149. The van der Waals surface area contributed by atoms with Gasteiger partial charge in [0.15, 0.2) is 0 Å². The largest absolute Gasteiger partial charge is 0.342 e. The molecule has 2 unspecified atom stereocenters. The van der Waals surface area contributed by atoms with Crippen LogP contribution in [0.1, 0.15) is 33.1 Å². The van der Waals surface area contributed by atoms with Crippen LogP contribution in [0.4, 0.5) is 0 Å². The van der Waals surface area contributed by atoms with Gasteiger partial charge in [0.1, 0.15) is 0 Å². The fraction of sp³-hybridized carbons (Fsp3) is 0.700. The summed E-state index contributed by atoms with van der Waals surface area (Å²) < 4.78 is 0. The average molecular weight is 246 g/mol. The highest BCUT2D eigenvalue weighted by Crippen LogP contribution is 2.05. The molecule has 74 valence electrons. The second-order valence-electron chi connectivity index (χ2n) is 2.89. The summed E-state index contributed by atoms with van der Waals surface area (Å²) in [6, 6.07) is -0.121. The third-order valence-electron chi connectivity index (χ3n) is 1.74. The predicted octanol–water partition coefficient (Wildman–Crippen LogP) is 2.08. The minimum atomic E-state index is -0.125. The van der Waals surface area contributed by atoms with Crippen LogP contribution in [-0.2, 0) is 4.79 Å². The van der Waals surface area contributed by atoms with Crippen molar-refractivity contribution in [2.75, 3.05) is 0 Å². The Morgan fingerprint density at radius 2 is 2.23 bits per heavy atom. The second-order valence-corrected chi connectivity index (χ2v) is 4.00. The highest BCUT2D eigenvalue weighted by Gasteiger charge is 2.14. The Morgan fingerprint density at radius 1 is 1.62 bits per heavy atom. The summed E-state index contributed by atoms with van der Waals surface area (Å²) in [5, 5.41) is 2.80. The first-order chi connectivity index (χ1) is 6.15. The molecule has 0 aliphatic rings. The molecule has 0 fully saturated rings. The molecule has 0 bridgehead atoms. The maximum Gasteiger partial charge on any atom is 0.234 e. The number of halogens is 1. The number of rotatable bonds is 5. The molecule has 3 heteroatoms. The van der Waals surface area contributed by atoms with Crippen molar-refractivity contribution < 1.29 is 4.79 Å². The van der Waals surface area contributed by atoms with Gasteiger partial charge < -0.3 is 5.32 Å². The highest BCUT2D eigenvalue weighted by molar-refractivity contribution is 9.10. The van der Waals surface area contributed by atoms with Gasteiger partial charge in [-0.2, -0.15) is 0 Å². The van der Waals surface area contributed by atoms with E-state index in [1.165, 1.54) is 0 Å². The molecule has 0 rings (SSSR count). The molecule has 0 radical (unpaired) electrons. The predicted molar refractivity (Wildman–Crippen MR) is 58.7 cm³/mol. The normalized spacial score (nSPS) is 14.3. The molecule has 1 N–H and O–H groups in total. The molecule has 0 saturated carbocycles. The number of hydrogen-bond donors (Lipinski definition) is 1. The van der Waals surface area contributed by atoms with Crippen LogP contribution in [0.25, 0.3) is 0 Å². The van der Waals surface area contributed by atoms with Crippen LogP contribution in [0.3, 0.4) is 0 Å². The zero-order chi connectivity index (χ0) is 10.3. The Morgan fingerprint density at radius 3 is 2.62 bits per heavy atom. The molecule has 13 heavy (non-hydrogen) atoms. The lowest BCUT2D eigenvalue weighted by Gasteiger charge is -2.14. The van der Waals surface area contributed by atoms with Gasteiger partial charge in [0.05, 0.1) is 10.9 Å². The molecule has 0 aromatic carbocycles. The van der Waals surface area contributed by atoms with Gasteiger partial charge in [-0.25, -0.2) is 0 Å². The van der Waals surface area contributed by atoms with E-state index >= 15 is 0 Å². The quantitative estimate of drug-likeness (QED) is 0.584. The number of nitrogens with one attached hydrogen (secondary N) is 1. The van der Waals surface area contributed by atoms with E-state index in [-0.39, 0.29) is 16.8 Å². The minimum Gasteiger partial charge on any atom is -0.342 e. The Bertz CT molecular complexity index is 198. The van der Waals surface area contributed by atoms with Crippen molar-refractivity contribution in [3.63, 3.8) is 0 Å². The van der Waals surface area contributed by atoms with Gasteiger partial charge in [-0.3, -0.25) is 4.79 Å². The Balaban J connectivity index is 3.95. The van der Waals surface area contributed by atoms with Crippen LogP contribution in [0.15, 0.2) is 0 Å². The van der Waals surface area contributed by atoms with Crippen molar-refractivity contribution in [3.8, 4) is 12.3 Å². The van der Waals surface area contributed by atoms with Gasteiger partial charge >= 0.3 is 0 Å². The summed E-state index contributed by atoms with van der Waals surface area (Å²) in [5.41, 5.74) is 0. The number of carbonyl (C=O) groups excluding carboxylic acids is 1. The molecule has 0 aliphatic carbocycles. The molecule has 0 heterocycles. The van der Waals surface area contributed by atoms with Gasteiger partial charge in [0.25, 0.3) is 0 Å². The summed E-state index contributed by atoms with van der Waals surface area (Å²) in [6.45, 7) is 3.99. The van der Waals surface area contributed by atoms with E-state index in [0.717, 1.165) is 19.3 Å². The van der Waals surface area contributed by atoms with E-state index in [0.29, 0.717) is 0 Å². The molecule has 0 aliphatic heterocycles. The monoisotopic (exact) mass is 245 g/mol. The maximum absolute atomic E-state index is 11.4. The average Bonchev–Trinajstić information content (AvgIpc) is 2.15. The number of amides is 1. The number of terminal acetylenes is 1. The number of alkyl halides is 1. The van der Waals surface area contributed by atoms with Gasteiger partial charge in [-0.1, -0.05) is 42.1 Å². The van der Waals surface area contributed by atoms with Crippen molar-refractivity contribution in [2.24, 2.45) is 0 Å². The molecular formula is C10H16BrNO. The first kappa shape index (κ1) is 12.5. The van der Waals surface area contributed by atoms with E-state index in [1.54, 1.807) is 0 Å². The summed E-state index contributed by atoms with van der Waals surface area (Å²) >= 11 is 3.27. The van der Waals surface area contributed by atoms with Crippen molar-refractivity contribution in [2.45, 2.75) is 44.0 Å². The zero-order valence-corrected chi connectivity index (χ0v) is 9.73. The smallest absolute Gasteiger partial charge is 0.234 e. The van der Waals surface area contributed by atoms with Crippen LogP contribution >= 0.6 is 15.9 Å². The lowest BCUT2D eigenvalue weighted by molar-refractivity contribution is -0.120. The summed E-state index contributed by atoms with van der Waals surface area (Å²) in [4.78, 5) is 11.2. The van der Waals surface area contributed by atoms with Crippen LogP contribution in [0, 0.1) is 12.3 Å². The second kappa shape index (κ2) is 6.97. The molecule has 0 saturated heterocycles. The third kappa shape index (κ3) is 4.94. The lowest BCUT2D eigenvalue weighted by Crippen LogP contribution is -2.38. The topological polar surface area (TPSA) is 29.1 Å². The van der Waals surface area contributed by atoms with Crippen LogP contribution in [-0.4, -0.2) is 16.8 Å². The van der Waals surface area contributed by atoms with Crippen LogP contribution < -0.4 is 5.32 Å². The van der Waals surface area contributed by atoms with Crippen molar-refractivity contribution >= 4 is 21.8 Å². The number of carbonyl (C=O) groups is 1. The third-order valence-corrected chi connectivity index (χ3v) is 2.80. The first-order valence-electron chi connectivity index (χ1n) is 4.56. The molecule has 1 amide bonds. The molecular weight excluding hydrogens is 230 g/mol. The molecule has 2 atom stereocenters. The van der Waals surface area contributed by atoms with E-state index in [2.05, 4.69) is 27.2 Å². The zero-order valence-electron chi connectivity index (χ0n) is 8.14. The van der Waals surface area contributed by atoms with Crippen molar-refractivity contribution in [3.05, 3.63) is 0 Å². The SMILES string of the molecule is C#CC(CCC)NC(=O)C(Br)CC. The van der Waals surface area contributed by atoms with Crippen LogP contribution in [0.5, 0.6) is 0 Å². The van der Waals surface area contributed by atoms with E-state index in [1.807, 2.05) is 13.8 Å². The Labute approximate surface area is 88.6 Å². The van der Waals surface area contributed by atoms with E-state index < -0.39 is 0 Å². The summed E-state index contributed by atoms with van der Waals surface area (Å²) in [5.74, 6) is 2.55. The lowest BCUT2D eigenvalue weighted by atomic mass is 10.1. The fourth-order valence-corrected chi connectivity index (χ4v) is 1.07. The van der Waals surface area contributed by atoms with Gasteiger partial charge in [-0.05, 0) is 12.8 Å². The molecule has 0 spiro atoms. The van der Waals surface area contributed by atoms with E-state index in [4.69, 9.17) is 6.42 Å². The number of hydrogen-bond acceptors (Lipinski definition) is 1. The Kier molecular flexibility index (Phi) is 6.70. The highest BCUT2D eigenvalue weighted by atomic mass is 79.9. The fourth-order valence-electron chi connectivity index (χ4n) is 0.933. The van der Waals surface area contributed by atoms with Gasteiger partial charge in [-0.15, -0.1) is 6.42 Å². The Hall–Kier alpha value is -0.490. The van der Waals surface area contributed by atoms with Gasteiger partial charge in [0.2, 0.25) is 5.91 Å².